The van der Waals surface area contributed by atoms with Crippen LogP contribution in [-0.2, 0) is 0 Å². The molecule has 0 radical (unpaired) electrons. The second-order valence-corrected chi connectivity index (χ2v) is 4.07. The van der Waals surface area contributed by atoms with Crippen LogP contribution in [-0.4, -0.2) is 16.7 Å². The summed E-state index contributed by atoms with van der Waals surface area (Å²) >= 11 is 6.07. The number of nitrogens with two attached hydrogens (primary N) is 1. The summed E-state index contributed by atoms with van der Waals surface area (Å²) in [6, 6.07) is 5.33. The number of aromatic nitrogens is 1. The Hall–Kier alpha value is -1.03. The van der Waals surface area contributed by atoms with E-state index in [1.807, 2.05) is 25.1 Å². The smallest absolute Gasteiger partial charge is 0.0683 e. The van der Waals surface area contributed by atoms with Gasteiger partial charge in [0.05, 0.1) is 18.2 Å². The normalized spacial score (nSPS) is 13.3. The van der Waals surface area contributed by atoms with Gasteiger partial charge in [-0.05, 0) is 24.6 Å². The first-order chi connectivity index (χ1) is 7.13. The summed E-state index contributed by atoms with van der Waals surface area (Å²) in [7, 11) is 0. The maximum atomic E-state index is 8.97. The molecule has 1 atom stereocenters. The Bertz CT molecular complexity index is 454. The predicted molar refractivity (Wildman–Crippen MR) is 62.1 cm³/mol. The van der Waals surface area contributed by atoms with Crippen molar-refractivity contribution in [2.75, 3.05) is 6.61 Å². The lowest BCUT2D eigenvalue weighted by atomic mass is 10.1. The first kappa shape index (κ1) is 10.5. The molecule has 3 nitrogen and oxygen atoms in total. The third kappa shape index (κ3) is 1.74. The predicted octanol–water partition coefficient (Wildman–Crippen LogP) is 2.12. The number of fused-ring (bicyclic) bond motifs is 1. The molecule has 0 aliphatic heterocycles. The summed E-state index contributed by atoms with van der Waals surface area (Å²) in [6.07, 6.45) is 0. The summed E-state index contributed by atoms with van der Waals surface area (Å²) in [4.78, 5) is 3.19. The highest BCUT2D eigenvalue weighted by molar-refractivity contribution is 6.35. The molecular weight excluding hydrogens is 212 g/mol. The van der Waals surface area contributed by atoms with E-state index in [0.29, 0.717) is 5.02 Å². The monoisotopic (exact) mass is 224 g/mol. The van der Waals surface area contributed by atoms with E-state index in [-0.39, 0.29) is 12.6 Å². The number of aliphatic hydroxyl groups excluding tert-OH is 1. The van der Waals surface area contributed by atoms with Gasteiger partial charge < -0.3 is 15.8 Å². The van der Waals surface area contributed by atoms with Crippen LogP contribution in [0.1, 0.15) is 17.3 Å². The average Bonchev–Trinajstić information content (AvgIpc) is 2.68. The lowest BCUT2D eigenvalue weighted by molar-refractivity contribution is 0.266. The van der Waals surface area contributed by atoms with E-state index < -0.39 is 0 Å². The van der Waals surface area contributed by atoms with Crippen LogP contribution in [0.3, 0.4) is 0 Å². The highest BCUT2D eigenvalue weighted by atomic mass is 35.5. The zero-order valence-electron chi connectivity index (χ0n) is 8.42. The molecule has 0 bridgehead atoms. The van der Waals surface area contributed by atoms with Crippen LogP contribution in [0, 0.1) is 6.92 Å². The van der Waals surface area contributed by atoms with Crippen molar-refractivity contribution in [3.05, 3.63) is 34.5 Å². The maximum Gasteiger partial charge on any atom is 0.0683 e. The lowest BCUT2D eigenvalue weighted by Gasteiger charge is -2.03. The van der Waals surface area contributed by atoms with Gasteiger partial charge in [-0.3, -0.25) is 0 Å². The summed E-state index contributed by atoms with van der Waals surface area (Å²) in [6.45, 7) is 1.92. The van der Waals surface area contributed by atoms with Crippen molar-refractivity contribution < 1.29 is 5.11 Å². The fourth-order valence-corrected chi connectivity index (χ4v) is 1.86. The first-order valence-electron chi connectivity index (χ1n) is 4.77. The molecule has 0 saturated carbocycles. The third-order valence-electron chi connectivity index (χ3n) is 2.57. The van der Waals surface area contributed by atoms with Crippen molar-refractivity contribution in [3.8, 4) is 0 Å². The van der Waals surface area contributed by atoms with Crippen molar-refractivity contribution in [3.63, 3.8) is 0 Å². The van der Waals surface area contributed by atoms with Gasteiger partial charge in [0, 0.05) is 16.1 Å². The molecule has 1 heterocycles. The quantitative estimate of drug-likeness (QED) is 0.732. The lowest BCUT2D eigenvalue weighted by Crippen LogP contribution is -2.14. The van der Waals surface area contributed by atoms with Crippen LogP contribution in [0.4, 0.5) is 0 Å². The largest absolute Gasteiger partial charge is 0.394 e. The van der Waals surface area contributed by atoms with Gasteiger partial charge in [-0.15, -0.1) is 0 Å². The van der Waals surface area contributed by atoms with Crippen LogP contribution in [0.15, 0.2) is 18.2 Å². The van der Waals surface area contributed by atoms with E-state index in [4.69, 9.17) is 22.4 Å². The Morgan fingerprint density at radius 3 is 2.87 bits per heavy atom. The molecule has 2 aromatic rings. The summed E-state index contributed by atoms with van der Waals surface area (Å²) in [5.41, 5.74) is 8.65. The van der Waals surface area contributed by atoms with Crippen LogP contribution in [0.5, 0.6) is 0 Å². The number of aryl methyl sites for hydroxylation is 1. The van der Waals surface area contributed by atoms with Crippen molar-refractivity contribution in [1.29, 1.82) is 0 Å². The molecule has 0 amide bonds. The minimum atomic E-state index is -0.382. The number of halogens is 1. The molecular formula is C11H13ClN2O. The number of hydrogen-bond donors (Lipinski definition) is 3. The topological polar surface area (TPSA) is 62.0 Å². The van der Waals surface area contributed by atoms with Gasteiger partial charge >= 0.3 is 0 Å². The Labute approximate surface area is 92.9 Å². The molecule has 15 heavy (non-hydrogen) atoms. The number of H-pyrrole nitrogens is 1. The molecule has 0 spiro atoms. The number of benzene rings is 1. The van der Waals surface area contributed by atoms with Gasteiger partial charge in [-0.2, -0.15) is 0 Å². The second kappa shape index (κ2) is 3.85. The Morgan fingerprint density at radius 2 is 2.27 bits per heavy atom. The summed E-state index contributed by atoms with van der Waals surface area (Å²) < 4.78 is 0. The fourth-order valence-electron chi connectivity index (χ4n) is 1.64. The Morgan fingerprint density at radius 1 is 1.53 bits per heavy atom. The molecule has 1 unspecified atom stereocenters. The highest BCUT2D eigenvalue weighted by Crippen LogP contribution is 2.28. The van der Waals surface area contributed by atoms with E-state index in [0.717, 1.165) is 22.2 Å². The summed E-state index contributed by atoms with van der Waals surface area (Å²) in [5, 5.41) is 10.6. The zero-order chi connectivity index (χ0) is 11.0. The van der Waals surface area contributed by atoms with E-state index in [9.17, 15) is 0 Å². The maximum absolute atomic E-state index is 8.97. The number of aliphatic hydroxyl groups is 1. The van der Waals surface area contributed by atoms with E-state index in [1.165, 1.54) is 0 Å². The van der Waals surface area contributed by atoms with Crippen molar-refractivity contribution in [2.24, 2.45) is 5.73 Å². The minimum absolute atomic E-state index is 0.0799. The van der Waals surface area contributed by atoms with Crippen molar-refractivity contribution in [1.82, 2.24) is 4.98 Å². The Balaban J connectivity index is 2.64. The molecule has 1 aromatic heterocycles. The van der Waals surface area contributed by atoms with Crippen LogP contribution in [0.2, 0.25) is 5.02 Å². The molecule has 80 valence electrons. The highest BCUT2D eigenvalue weighted by Gasteiger charge is 2.11. The van der Waals surface area contributed by atoms with Crippen LogP contribution < -0.4 is 5.73 Å². The van der Waals surface area contributed by atoms with E-state index in [1.54, 1.807) is 0 Å². The average molecular weight is 225 g/mol. The van der Waals surface area contributed by atoms with E-state index >= 15 is 0 Å². The van der Waals surface area contributed by atoms with E-state index in [2.05, 4.69) is 4.98 Å². The number of hydrogen-bond acceptors (Lipinski definition) is 2. The zero-order valence-corrected chi connectivity index (χ0v) is 9.17. The standard InChI is InChI=1S/C11H13ClN2O/c1-6-2-3-8(12)7-4-10(9(13)5-15)14-11(6)7/h2-4,9,14-15H,5,13H2,1H3. The van der Waals surface area contributed by atoms with Gasteiger partial charge in [-0.25, -0.2) is 0 Å². The van der Waals surface area contributed by atoms with Crippen molar-refractivity contribution in [2.45, 2.75) is 13.0 Å². The first-order valence-corrected chi connectivity index (χ1v) is 5.15. The van der Waals surface area contributed by atoms with Gasteiger partial charge in [-0.1, -0.05) is 17.7 Å². The molecule has 0 saturated heterocycles. The van der Waals surface area contributed by atoms with Crippen LogP contribution in [0.25, 0.3) is 10.9 Å². The van der Waals surface area contributed by atoms with Crippen molar-refractivity contribution >= 4 is 22.5 Å². The molecule has 0 fully saturated rings. The molecule has 2 rings (SSSR count). The van der Waals surface area contributed by atoms with Gasteiger partial charge in [0.15, 0.2) is 0 Å². The van der Waals surface area contributed by atoms with Gasteiger partial charge in [0.2, 0.25) is 0 Å². The fraction of sp³-hybridized carbons (Fsp3) is 0.273. The minimum Gasteiger partial charge on any atom is -0.394 e. The Kier molecular flexibility index (Phi) is 2.69. The molecule has 1 aromatic carbocycles. The number of nitrogens with one attached hydrogen (secondary N) is 1. The number of aromatic amines is 1. The second-order valence-electron chi connectivity index (χ2n) is 3.67. The molecule has 4 heteroatoms. The van der Waals surface area contributed by atoms with Gasteiger partial charge in [0.1, 0.15) is 0 Å². The molecule has 0 aliphatic rings. The molecule has 0 aliphatic carbocycles. The summed E-state index contributed by atoms with van der Waals surface area (Å²) in [5.74, 6) is 0. The SMILES string of the molecule is Cc1ccc(Cl)c2cc(C(N)CO)[nH]c12. The van der Waals surface area contributed by atoms with Gasteiger partial charge in [0.25, 0.3) is 0 Å². The molecule has 4 N–H and O–H groups in total. The third-order valence-corrected chi connectivity index (χ3v) is 2.90. The van der Waals surface area contributed by atoms with Crippen LogP contribution >= 0.6 is 11.6 Å². The number of rotatable bonds is 2.